The monoisotopic (exact) mass is 564 g/mol. The Morgan fingerprint density at radius 1 is 1.12 bits per heavy atom. The van der Waals surface area contributed by atoms with Crippen LogP contribution in [0.1, 0.15) is 23.5 Å². The number of para-hydroxylation sites is 1. The Balaban J connectivity index is 0.000000201. The van der Waals surface area contributed by atoms with Crippen LogP contribution in [0.4, 0.5) is 19.4 Å². The maximum atomic E-state index is 13.1. The molecular formula is C30H34F2N6O3. The zero-order valence-corrected chi connectivity index (χ0v) is 23.3. The summed E-state index contributed by atoms with van der Waals surface area (Å²) in [5, 5.41) is 7.23. The summed E-state index contributed by atoms with van der Waals surface area (Å²) in [6, 6.07) is 16.2. The molecule has 1 atom stereocenters. The molecule has 4 aromatic rings. The van der Waals surface area contributed by atoms with Crippen molar-refractivity contribution in [2.24, 2.45) is 12.8 Å². The van der Waals surface area contributed by atoms with Crippen LogP contribution in [-0.4, -0.2) is 58.6 Å². The predicted octanol–water partition coefficient (Wildman–Crippen LogP) is 4.44. The number of aromatic nitrogens is 3. The SMILES string of the molecule is COCCN1CCC(c2ccc(F)c(F)c2)C1.Cc1c(-c2ccc(=O)n(C)c2)nn(-c2ccccc2)c1NC(N)=O. The van der Waals surface area contributed by atoms with E-state index in [9.17, 15) is 18.4 Å². The molecule has 0 radical (unpaired) electrons. The van der Waals surface area contributed by atoms with Gasteiger partial charge >= 0.3 is 6.03 Å². The van der Waals surface area contributed by atoms with Crippen LogP contribution in [0, 0.1) is 18.6 Å². The van der Waals surface area contributed by atoms with Gasteiger partial charge < -0.3 is 19.9 Å². The van der Waals surface area contributed by atoms with Crippen molar-refractivity contribution >= 4 is 11.8 Å². The number of hydrogen-bond acceptors (Lipinski definition) is 5. The summed E-state index contributed by atoms with van der Waals surface area (Å²) in [7, 11) is 3.36. The largest absolute Gasteiger partial charge is 0.383 e. The van der Waals surface area contributed by atoms with Crippen LogP contribution in [0.5, 0.6) is 0 Å². The maximum absolute atomic E-state index is 13.1. The Labute approximate surface area is 237 Å². The lowest BCUT2D eigenvalue weighted by Gasteiger charge is -2.15. The van der Waals surface area contributed by atoms with Gasteiger partial charge in [0.15, 0.2) is 11.6 Å². The molecule has 2 aromatic heterocycles. The van der Waals surface area contributed by atoms with E-state index in [1.165, 1.54) is 22.8 Å². The number of pyridine rings is 1. The first kappa shape index (κ1) is 29.6. The number of aryl methyl sites for hydroxylation is 1. The van der Waals surface area contributed by atoms with Crippen LogP contribution in [0.15, 0.2) is 71.7 Å². The number of anilines is 1. The molecule has 0 saturated carbocycles. The highest BCUT2D eigenvalue weighted by Gasteiger charge is 2.24. The van der Waals surface area contributed by atoms with Gasteiger partial charge in [-0.25, -0.2) is 18.3 Å². The second-order valence-electron chi connectivity index (χ2n) is 9.88. The number of carbonyl (C=O) groups is 1. The lowest BCUT2D eigenvalue weighted by molar-refractivity contribution is 0.160. The fourth-order valence-corrected chi connectivity index (χ4v) is 4.82. The summed E-state index contributed by atoms with van der Waals surface area (Å²) >= 11 is 0. The zero-order valence-electron chi connectivity index (χ0n) is 23.3. The van der Waals surface area contributed by atoms with Gasteiger partial charge in [-0.05, 0) is 61.7 Å². The summed E-state index contributed by atoms with van der Waals surface area (Å²) in [4.78, 5) is 25.3. The molecule has 1 aliphatic rings. The quantitative estimate of drug-likeness (QED) is 0.345. The molecule has 9 nitrogen and oxygen atoms in total. The summed E-state index contributed by atoms with van der Waals surface area (Å²) in [6.07, 6.45) is 2.70. The summed E-state index contributed by atoms with van der Waals surface area (Å²) in [5.41, 5.74) is 9.08. The van der Waals surface area contributed by atoms with E-state index in [0.717, 1.165) is 48.4 Å². The summed E-state index contributed by atoms with van der Waals surface area (Å²) < 4.78 is 34.1. The number of carbonyl (C=O) groups excluding carboxylic acids is 1. The first-order chi connectivity index (χ1) is 19.7. The first-order valence-corrected chi connectivity index (χ1v) is 13.2. The van der Waals surface area contributed by atoms with Crippen LogP contribution in [0.25, 0.3) is 16.9 Å². The van der Waals surface area contributed by atoms with Gasteiger partial charge in [0.05, 0.1) is 18.0 Å². The van der Waals surface area contributed by atoms with Crippen LogP contribution < -0.4 is 16.6 Å². The lowest BCUT2D eigenvalue weighted by Crippen LogP contribution is -2.24. The highest BCUT2D eigenvalue weighted by atomic mass is 19.2. The third kappa shape index (κ3) is 7.24. The van der Waals surface area contributed by atoms with Gasteiger partial charge in [-0.1, -0.05) is 24.3 Å². The Kier molecular flexibility index (Phi) is 9.64. The van der Waals surface area contributed by atoms with Crippen LogP contribution in [0.2, 0.25) is 0 Å². The number of nitrogens with two attached hydrogens (primary N) is 1. The van der Waals surface area contributed by atoms with Gasteiger partial charge in [0.2, 0.25) is 5.56 Å². The fraction of sp³-hybridized carbons (Fsp3) is 0.300. The van der Waals surface area contributed by atoms with Gasteiger partial charge in [0, 0.05) is 50.6 Å². The van der Waals surface area contributed by atoms with Gasteiger partial charge in [0.25, 0.3) is 0 Å². The molecule has 1 saturated heterocycles. The number of halogens is 2. The van der Waals surface area contributed by atoms with Crippen molar-refractivity contribution in [1.29, 1.82) is 0 Å². The van der Waals surface area contributed by atoms with Crippen molar-refractivity contribution in [3.8, 4) is 16.9 Å². The molecule has 1 fully saturated rings. The second kappa shape index (κ2) is 13.3. The van der Waals surface area contributed by atoms with E-state index in [2.05, 4.69) is 15.3 Å². The smallest absolute Gasteiger partial charge is 0.317 e. The highest BCUT2D eigenvalue weighted by molar-refractivity contribution is 5.89. The lowest BCUT2D eigenvalue weighted by atomic mass is 9.98. The summed E-state index contributed by atoms with van der Waals surface area (Å²) in [5.74, 6) is -0.722. The van der Waals surface area contributed by atoms with E-state index >= 15 is 0 Å². The number of primary amides is 1. The molecule has 0 aliphatic carbocycles. The minimum absolute atomic E-state index is 0.102. The van der Waals surface area contributed by atoms with Crippen LogP contribution >= 0.6 is 0 Å². The molecule has 2 aromatic carbocycles. The number of urea groups is 1. The molecule has 2 amide bonds. The minimum atomic E-state index is -0.775. The molecule has 3 heterocycles. The molecule has 216 valence electrons. The Morgan fingerprint density at radius 2 is 1.88 bits per heavy atom. The Morgan fingerprint density at radius 3 is 2.54 bits per heavy atom. The number of ether oxygens (including phenoxy) is 1. The van der Waals surface area contributed by atoms with E-state index in [0.29, 0.717) is 24.0 Å². The average Bonchev–Trinajstić information content (AvgIpc) is 3.56. The number of nitrogens with one attached hydrogen (secondary N) is 1. The molecular weight excluding hydrogens is 530 g/mol. The highest BCUT2D eigenvalue weighted by Crippen LogP contribution is 2.30. The Bertz CT molecular complexity index is 1550. The van der Waals surface area contributed by atoms with Gasteiger partial charge in [-0.2, -0.15) is 5.10 Å². The van der Waals surface area contributed by atoms with E-state index < -0.39 is 17.7 Å². The average molecular weight is 565 g/mol. The van der Waals surface area contributed by atoms with Gasteiger partial charge in [0.1, 0.15) is 5.82 Å². The number of benzene rings is 2. The Hall–Kier alpha value is -4.35. The van der Waals surface area contributed by atoms with Crippen molar-refractivity contribution in [1.82, 2.24) is 19.2 Å². The zero-order chi connectivity index (χ0) is 29.5. The van der Waals surface area contributed by atoms with Crippen LogP contribution in [0.3, 0.4) is 0 Å². The first-order valence-electron chi connectivity index (χ1n) is 13.2. The van der Waals surface area contributed by atoms with E-state index in [1.54, 1.807) is 37.2 Å². The molecule has 1 unspecified atom stereocenters. The van der Waals surface area contributed by atoms with E-state index in [1.807, 2.05) is 37.3 Å². The van der Waals surface area contributed by atoms with Crippen LogP contribution in [-0.2, 0) is 11.8 Å². The number of nitrogens with zero attached hydrogens (tertiary/aromatic N) is 4. The molecule has 0 spiro atoms. The van der Waals surface area contributed by atoms with Crippen molar-refractivity contribution in [2.75, 3.05) is 38.7 Å². The number of amides is 2. The third-order valence-electron chi connectivity index (χ3n) is 7.02. The standard InChI is InChI=1S/C17H17N5O2.C13H17F2NO/c1-11-15(12-8-9-14(23)21(2)10-12)20-22(16(11)19-17(18)24)13-6-4-3-5-7-13;1-17-7-6-16-5-4-11(9-16)10-2-3-12(14)13(15)8-10/h3-10H,1-2H3,(H3,18,19,24);2-3,8,11H,4-7,9H2,1H3. The number of hydrogen-bond donors (Lipinski definition) is 2. The molecule has 5 rings (SSSR count). The van der Waals surface area contributed by atoms with Crippen molar-refractivity contribution in [2.45, 2.75) is 19.3 Å². The van der Waals surface area contributed by atoms with Crippen molar-refractivity contribution < 1.29 is 18.3 Å². The summed E-state index contributed by atoms with van der Waals surface area (Å²) in [6.45, 7) is 5.35. The topological polar surface area (TPSA) is 107 Å². The van der Waals surface area contributed by atoms with Gasteiger partial charge in [-0.3, -0.25) is 10.1 Å². The maximum Gasteiger partial charge on any atom is 0.317 e. The minimum Gasteiger partial charge on any atom is -0.383 e. The molecule has 3 N–H and O–H groups in total. The number of likely N-dealkylation sites (tertiary alicyclic amines) is 1. The predicted molar refractivity (Wildman–Crippen MR) is 154 cm³/mol. The third-order valence-corrected chi connectivity index (χ3v) is 7.02. The van der Waals surface area contributed by atoms with E-state index in [4.69, 9.17) is 10.5 Å². The molecule has 1 aliphatic heterocycles. The fourth-order valence-electron chi connectivity index (χ4n) is 4.82. The van der Waals surface area contributed by atoms with Gasteiger partial charge in [-0.15, -0.1) is 0 Å². The van der Waals surface area contributed by atoms with Crippen molar-refractivity contribution in [3.63, 3.8) is 0 Å². The van der Waals surface area contributed by atoms with Crippen molar-refractivity contribution in [3.05, 3.63) is 100.0 Å². The normalized spacial score (nSPS) is 14.9. The number of methoxy groups -OCH3 is 1. The van der Waals surface area contributed by atoms with E-state index in [-0.39, 0.29) is 5.56 Å². The second-order valence-corrected chi connectivity index (χ2v) is 9.88. The molecule has 11 heteroatoms. The molecule has 41 heavy (non-hydrogen) atoms. The molecule has 0 bridgehead atoms. The number of rotatable bonds is 7.